The van der Waals surface area contributed by atoms with Crippen molar-refractivity contribution in [1.29, 1.82) is 0 Å². The minimum atomic E-state index is -0.332. The molecule has 0 aliphatic carbocycles. The van der Waals surface area contributed by atoms with E-state index in [1.807, 2.05) is 47.8 Å². The number of nitrogens with one attached hydrogen (secondary N) is 1. The SMILES string of the molecule is COc1cccc(-c2csc3nc(NC(=O)/C=C/c4ccccc4Cl)nn23)c1. The fraction of sp³-hybridized carbons (Fsp3) is 0.0500. The van der Waals surface area contributed by atoms with Gasteiger partial charge >= 0.3 is 0 Å². The number of carbonyl (C=O) groups excluding carboxylic acids is 1. The summed E-state index contributed by atoms with van der Waals surface area (Å²) in [6.45, 7) is 0. The number of carbonyl (C=O) groups is 1. The van der Waals surface area contributed by atoms with Crippen LogP contribution in [0.25, 0.3) is 22.3 Å². The number of rotatable bonds is 5. The van der Waals surface area contributed by atoms with Gasteiger partial charge in [0.1, 0.15) is 5.75 Å². The van der Waals surface area contributed by atoms with Gasteiger partial charge in [0, 0.05) is 22.0 Å². The van der Waals surface area contributed by atoms with E-state index >= 15 is 0 Å². The number of hydrogen-bond donors (Lipinski definition) is 1. The van der Waals surface area contributed by atoms with Crippen LogP contribution in [-0.4, -0.2) is 27.6 Å². The number of thiazole rings is 1. The van der Waals surface area contributed by atoms with Crippen LogP contribution >= 0.6 is 22.9 Å². The number of fused-ring (bicyclic) bond motifs is 1. The van der Waals surface area contributed by atoms with E-state index in [9.17, 15) is 4.79 Å². The molecule has 28 heavy (non-hydrogen) atoms. The predicted octanol–water partition coefficient (Wildman–Crippen LogP) is 4.77. The summed E-state index contributed by atoms with van der Waals surface area (Å²) in [7, 11) is 1.63. The van der Waals surface area contributed by atoms with E-state index < -0.39 is 0 Å². The van der Waals surface area contributed by atoms with E-state index in [1.54, 1.807) is 23.8 Å². The van der Waals surface area contributed by atoms with Crippen LogP contribution in [-0.2, 0) is 4.79 Å². The number of hydrogen-bond acceptors (Lipinski definition) is 5. The van der Waals surface area contributed by atoms with Crippen molar-refractivity contribution in [2.24, 2.45) is 0 Å². The first kappa shape index (κ1) is 18.2. The molecule has 8 heteroatoms. The Kier molecular flexibility index (Phi) is 5.10. The zero-order chi connectivity index (χ0) is 19.5. The van der Waals surface area contributed by atoms with Crippen molar-refractivity contribution in [3.8, 4) is 17.0 Å². The molecule has 1 N–H and O–H groups in total. The molecule has 0 radical (unpaired) electrons. The van der Waals surface area contributed by atoms with Crippen LogP contribution < -0.4 is 10.1 Å². The minimum absolute atomic E-state index is 0.241. The van der Waals surface area contributed by atoms with E-state index in [0.29, 0.717) is 9.98 Å². The van der Waals surface area contributed by atoms with E-state index in [1.165, 1.54) is 17.4 Å². The quantitative estimate of drug-likeness (QED) is 0.481. The first-order chi connectivity index (χ1) is 13.6. The summed E-state index contributed by atoms with van der Waals surface area (Å²) >= 11 is 7.53. The maximum atomic E-state index is 12.2. The third-order valence-electron chi connectivity index (χ3n) is 4.00. The lowest BCUT2D eigenvalue weighted by Crippen LogP contribution is -2.09. The summed E-state index contributed by atoms with van der Waals surface area (Å²) < 4.78 is 6.98. The molecule has 0 atom stereocenters. The average molecular weight is 411 g/mol. The number of aromatic nitrogens is 3. The molecule has 2 heterocycles. The largest absolute Gasteiger partial charge is 0.497 e. The molecular weight excluding hydrogens is 396 g/mol. The predicted molar refractivity (Wildman–Crippen MR) is 112 cm³/mol. The Labute approximate surface area is 170 Å². The van der Waals surface area contributed by atoms with Crippen LogP contribution in [0, 0.1) is 0 Å². The minimum Gasteiger partial charge on any atom is -0.497 e. The standard InChI is InChI=1S/C20H15ClN4O2S/c1-27-15-7-4-6-14(11-15)17-12-28-20-23-19(24-25(17)20)22-18(26)10-9-13-5-2-3-8-16(13)21/h2-12H,1H3,(H,22,24,26)/b10-9+. The molecule has 0 aliphatic rings. The smallest absolute Gasteiger partial charge is 0.250 e. The lowest BCUT2D eigenvalue weighted by Gasteiger charge is -2.02. The number of methoxy groups -OCH3 is 1. The molecule has 140 valence electrons. The summed E-state index contributed by atoms with van der Waals surface area (Å²) in [4.78, 5) is 17.2. The molecule has 0 bridgehead atoms. The molecule has 0 unspecified atom stereocenters. The van der Waals surface area contributed by atoms with Crippen molar-refractivity contribution in [3.63, 3.8) is 0 Å². The third-order valence-corrected chi connectivity index (χ3v) is 5.16. The molecule has 0 fully saturated rings. The fourth-order valence-electron chi connectivity index (χ4n) is 2.64. The van der Waals surface area contributed by atoms with Crippen molar-refractivity contribution < 1.29 is 9.53 Å². The van der Waals surface area contributed by atoms with Gasteiger partial charge < -0.3 is 4.74 Å². The van der Waals surface area contributed by atoms with E-state index in [4.69, 9.17) is 16.3 Å². The topological polar surface area (TPSA) is 68.5 Å². The maximum absolute atomic E-state index is 12.2. The Hall–Kier alpha value is -3.16. The van der Waals surface area contributed by atoms with Crippen LogP contribution in [0.2, 0.25) is 5.02 Å². The van der Waals surface area contributed by atoms with Gasteiger partial charge in [-0.15, -0.1) is 16.4 Å². The molecule has 0 saturated heterocycles. The van der Waals surface area contributed by atoms with E-state index in [2.05, 4.69) is 15.4 Å². The monoisotopic (exact) mass is 410 g/mol. The summed E-state index contributed by atoms with van der Waals surface area (Å²) in [6, 6.07) is 15.0. The van der Waals surface area contributed by atoms with Crippen molar-refractivity contribution >= 4 is 45.8 Å². The Morgan fingerprint density at radius 2 is 2.11 bits per heavy atom. The number of amides is 1. The van der Waals surface area contributed by atoms with Crippen molar-refractivity contribution in [1.82, 2.24) is 14.6 Å². The van der Waals surface area contributed by atoms with Gasteiger partial charge in [-0.2, -0.15) is 4.98 Å². The highest BCUT2D eigenvalue weighted by molar-refractivity contribution is 7.15. The lowest BCUT2D eigenvalue weighted by molar-refractivity contribution is -0.111. The number of nitrogens with zero attached hydrogens (tertiary/aromatic N) is 3. The van der Waals surface area contributed by atoms with Crippen LogP contribution in [0.4, 0.5) is 5.95 Å². The van der Waals surface area contributed by atoms with Crippen molar-refractivity contribution in [2.45, 2.75) is 0 Å². The highest BCUT2D eigenvalue weighted by atomic mass is 35.5. The zero-order valence-corrected chi connectivity index (χ0v) is 16.4. The van der Waals surface area contributed by atoms with E-state index in [0.717, 1.165) is 22.6 Å². The number of benzene rings is 2. The van der Waals surface area contributed by atoms with Gasteiger partial charge in [0.05, 0.1) is 12.8 Å². The third kappa shape index (κ3) is 3.76. The van der Waals surface area contributed by atoms with Crippen molar-refractivity contribution in [3.05, 3.63) is 70.6 Å². The Balaban J connectivity index is 1.55. The Morgan fingerprint density at radius 1 is 1.25 bits per heavy atom. The van der Waals surface area contributed by atoms with Gasteiger partial charge in [-0.3, -0.25) is 10.1 Å². The molecule has 2 aromatic carbocycles. The summed E-state index contributed by atoms with van der Waals surface area (Å²) in [5.74, 6) is 0.668. The fourth-order valence-corrected chi connectivity index (χ4v) is 3.67. The van der Waals surface area contributed by atoms with Gasteiger partial charge in [-0.25, -0.2) is 4.52 Å². The molecule has 6 nitrogen and oxygen atoms in total. The molecule has 4 aromatic rings. The van der Waals surface area contributed by atoms with Gasteiger partial charge in [-0.1, -0.05) is 41.9 Å². The molecule has 0 aliphatic heterocycles. The summed E-state index contributed by atoms with van der Waals surface area (Å²) in [5, 5.41) is 9.62. The summed E-state index contributed by atoms with van der Waals surface area (Å²) in [5.41, 5.74) is 2.59. The highest BCUT2D eigenvalue weighted by Gasteiger charge is 2.13. The second-order valence-electron chi connectivity index (χ2n) is 5.83. The Bertz CT molecular complexity index is 1180. The van der Waals surface area contributed by atoms with Crippen LogP contribution in [0.3, 0.4) is 0 Å². The normalized spacial score (nSPS) is 11.2. The zero-order valence-electron chi connectivity index (χ0n) is 14.8. The second-order valence-corrected chi connectivity index (χ2v) is 7.07. The molecular formula is C20H15ClN4O2S. The number of anilines is 1. The second kappa shape index (κ2) is 7.84. The molecule has 0 spiro atoms. The van der Waals surface area contributed by atoms with Crippen molar-refractivity contribution in [2.75, 3.05) is 12.4 Å². The van der Waals surface area contributed by atoms with Gasteiger partial charge in [-0.05, 0) is 29.8 Å². The number of ether oxygens (including phenoxy) is 1. The van der Waals surface area contributed by atoms with E-state index in [-0.39, 0.29) is 11.9 Å². The summed E-state index contributed by atoms with van der Waals surface area (Å²) in [6.07, 6.45) is 3.05. The van der Waals surface area contributed by atoms with Gasteiger partial charge in [0.15, 0.2) is 0 Å². The first-order valence-corrected chi connectivity index (χ1v) is 9.62. The molecule has 2 aromatic heterocycles. The average Bonchev–Trinajstić information content (AvgIpc) is 3.27. The maximum Gasteiger partial charge on any atom is 0.250 e. The first-order valence-electron chi connectivity index (χ1n) is 8.36. The highest BCUT2D eigenvalue weighted by Crippen LogP contribution is 2.28. The van der Waals surface area contributed by atoms with Gasteiger partial charge in [0.25, 0.3) is 11.9 Å². The van der Waals surface area contributed by atoms with Gasteiger partial charge in [0.2, 0.25) is 4.96 Å². The molecule has 1 amide bonds. The number of halogens is 1. The van der Waals surface area contributed by atoms with Crippen LogP contribution in [0.5, 0.6) is 5.75 Å². The van der Waals surface area contributed by atoms with Crippen LogP contribution in [0.15, 0.2) is 60.0 Å². The lowest BCUT2D eigenvalue weighted by atomic mass is 10.2. The van der Waals surface area contributed by atoms with Crippen LogP contribution in [0.1, 0.15) is 5.56 Å². The molecule has 4 rings (SSSR count). The molecule has 0 saturated carbocycles. The Morgan fingerprint density at radius 3 is 2.93 bits per heavy atom.